The number of nitrogens with one attached hydrogen (secondary N) is 3. The lowest BCUT2D eigenvalue weighted by atomic mass is 10.0. The number of halogens is 6. The Kier molecular flexibility index (Phi) is 6.73. The Morgan fingerprint density at radius 2 is 1.97 bits per heavy atom. The summed E-state index contributed by atoms with van der Waals surface area (Å²) in [6.45, 7) is -0.0476. The van der Waals surface area contributed by atoms with Gasteiger partial charge in [-0.25, -0.2) is 27.3 Å². The maximum atomic E-state index is 14.6. The molecule has 1 unspecified atom stereocenters. The van der Waals surface area contributed by atoms with Crippen LogP contribution < -0.4 is 20.7 Å². The standard InChI is InChI=1S/C17H13ClF5N5O3/c18-11-7(19)2-1-6(12(11)20)13(28-16(29)9-4-26-17(30)27-9)8-3-25-10(5-24-8)31-15(23)14(21)22/h1-3,5,9,13-15H,4H2,(H,28,29)(H2,26,27,30)/t9-,13-,15?/m0/s1. The molecule has 1 aliphatic heterocycles. The van der Waals surface area contributed by atoms with E-state index in [-0.39, 0.29) is 17.8 Å². The van der Waals surface area contributed by atoms with Gasteiger partial charge in [-0.3, -0.25) is 9.78 Å². The van der Waals surface area contributed by atoms with Crippen molar-refractivity contribution in [3.8, 4) is 5.88 Å². The average Bonchev–Trinajstić information content (AvgIpc) is 3.18. The highest BCUT2D eigenvalue weighted by atomic mass is 35.5. The van der Waals surface area contributed by atoms with Gasteiger partial charge in [-0.05, 0) is 6.07 Å². The normalized spacial score (nSPS) is 17.6. The smallest absolute Gasteiger partial charge is 0.315 e. The number of ether oxygens (including phenoxy) is 1. The zero-order chi connectivity index (χ0) is 22.7. The fourth-order valence-corrected chi connectivity index (χ4v) is 2.81. The van der Waals surface area contributed by atoms with Crippen molar-refractivity contribution in [1.82, 2.24) is 25.9 Å². The van der Waals surface area contributed by atoms with Crippen LogP contribution in [0.1, 0.15) is 17.3 Å². The first-order valence-corrected chi connectivity index (χ1v) is 8.94. The van der Waals surface area contributed by atoms with E-state index < -0.39 is 59.3 Å². The van der Waals surface area contributed by atoms with Gasteiger partial charge in [-0.1, -0.05) is 17.7 Å². The van der Waals surface area contributed by atoms with Crippen molar-refractivity contribution in [3.05, 3.63) is 52.4 Å². The number of hydrogen-bond donors (Lipinski definition) is 3. The Morgan fingerprint density at radius 1 is 1.23 bits per heavy atom. The lowest BCUT2D eigenvalue weighted by Gasteiger charge is -2.21. The zero-order valence-corrected chi connectivity index (χ0v) is 16.0. The molecule has 8 nitrogen and oxygen atoms in total. The van der Waals surface area contributed by atoms with Gasteiger partial charge in [0.15, 0.2) is 0 Å². The van der Waals surface area contributed by atoms with Crippen LogP contribution in [-0.2, 0) is 4.79 Å². The molecule has 1 fully saturated rings. The zero-order valence-electron chi connectivity index (χ0n) is 15.2. The van der Waals surface area contributed by atoms with E-state index in [0.717, 1.165) is 24.5 Å². The van der Waals surface area contributed by atoms with Gasteiger partial charge in [-0.15, -0.1) is 0 Å². The molecule has 14 heteroatoms. The van der Waals surface area contributed by atoms with E-state index in [9.17, 15) is 31.5 Å². The van der Waals surface area contributed by atoms with Gasteiger partial charge < -0.3 is 20.7 Å². The fourth-order valence-electron chi connectivity index (χ4n) is 2.63. The van der Waals surface area contributed by atoms with E-state index in [1.54, 1.807) is 0 Å². The van der Waals surface area contributed by atoms with E-state index >= 15 is 0 Å². The third-order valence-electron chi connectivity index (χ3n) is 4.13. The summed E-state index contributed by atoms with van der Waals surface area (Å²) in [5, 5.41) is 6.29. The van der Waals surface area contributed by atoms with Gasteiger partial charge in [-0.2, -0.15) is 4.39 Å². The second kappa shape index (κ2) is 9.29. The molecule has 1 saturated heterocycles. The topological polar surface area (TPSA) is 105 Å². The second-order valence-electron chi connectivity index (χ2n) is 6.20. The van der Waals surface area contributed by atoms with Crippen LogP contribution in [0.25, 0.3) is 0 Å². The Balaban J connectivity index is 1.91. The van der Waals surface area contributed by atoms with Crippen LogP contribution in [0, 0.1) is 11.6 Å². The summed E-state index contributed by atoms with van der Waals surface area (Å²) in [6.07, 6.45) is -4.66. The number of carbonyl (C=O) groups is 2. The molecule has 0 spiro atoms. The number of urea groups is 1. The maximum absolute atomic E-state index is 14.6. The molecule has 3 N–H and O–H groups in total. The first-order chi connectivity index (χ1) is 14.7. The predicted octanol–water partition coefficient (Wildman–Crippen LogP) is 2.23. The van der Waals surface area contributed by atoms with Crippen LogP contribution in [0.4, 0.5) is 26.7 Å². The summed E-state index contributed by atoms with van der Waals surface area (Å²) >= 11 is 5.61. The fraction of sp³-hybridized carbons (Fsp3) is 0.294. The molecule has 31 heavy (non-hydrogen) atoms. The average molecular weight is 466 g/mol. The van der Waals surface area contributed by atoms with Gasteiger partial charge in [0.25, 0.3) is 6.36 Å². The number of amides is 3. The molecule has 3 atom stereocenters. The molecule has 2 heterocycles. The molecule has 3 rings (SSSR count). The molecule has 0 radical (unpaired) electrons. The molecular weight excluding hydrogens is 453 g/mol. The Labute approximate surface area is 176 Å². The first-order valence-electron chi connectivity index (χ1n) is 8.56. The van der Waals surface area contributed by atoms with Crippen molar-refractivity contribution in [2.75, 3.05) is 6.54 Å². The molecule has 0 bridgehead atoms. The minimum Gasteiger partial charge on any atom is -0.436 e. The molecular formula is C17H13ClF5N5O3. The lowest BCUT2D eigenvalue weighted by Crippen LogP contribution is -2.44. The largest absolute Gasteiger partial charge is 0.436 e. The highest BCUT2D eigenvalue weighted by molar-refractivity contribution is 6.31. The van der Waals surface area contributed by atoms with Crippen molar-refractivity contribution in [1.29, 1.82) is 0 Å². The van der Waals surface area contributed by atoms with E-state index in [1.807, 2.05) is 0 Å². The summed E-state index contributed by atoms with van der Waals surface area (Å²) in [7, 11) is 0. The van der Waals surface area contributed by atoms with Gasteiger partial charge in [0.2, 0.25) is 11.8 Å². The van der Waals surface area contributed by atoms with E-state index in [2.05, 4.69) is 30.7 Å². The Bertz CT molecular complexity index is 981. The third kappa shape index (κ3) is 5.10. The summed E-state index contributed by atoms with van der Waals surface area (Å²) in [4.78, 5) is 31.2. The number of benzene rings is 1. The van der Waals surface area contributed by atoms with Crippen LogP contribution in [0.3, 0.4) is 0 Å². The van der Waals surface area contributed by atoms with Gasteiger partial charge in [0.1, 0.15) is 28.7 Å². The van der Waals surface area contributed by atoms with Gasteiger partial charge >= 0.3 is 12.5 Å². The molecule has 1 aliphatic rings. The van der Waals surface area contributed by atoms with E-state index in [0.29, 0.717) is 0 Å². The molecule has 2 aromatic rings. The van der Waals surface area contributed by atoms with Crippen molar-refractivity contribution < 1.29 is 36.3 Å². The molecule has 1 aromatic carbocycles. The number of alkyl halides is 3. The molecule has 3 amide bonds. The SMILES string of the molecule is O=C1NC[C@@H](C(=O)N[C@H](c2cnc(OC(F)C(F)F)cn2)c2ccc(F)c(Cl)c2F)N1. The number of rotatable bonds is 7. The van der Waals surface area contributed by atoms with Gasteiger partial charge in [0, 0.05) is 12.1 Å². The van der Waals surface area contributed by atoms with E-state index in [1.165, 1.54) is 0 Å². The monoisotopic (exact) mass is 465 g/mol. The van der Waals surface area contributed by atoms with Crippen molar-refractivity contribution >= 4 is 23.5 Å². The number of hydrogen-bond acceptors (Lipinski definition) is 5. The Morgan fingerprint density at radius 3 is 2.55 bits per heavy atom. The molecule has 166 valence electrons. The second-order valence-corrected chi connectivity index (χ2v) is 6.57. The number of aromatic nitrogens is 2. The van der Waals surface area contributed by atoms with Crippen LogP contribution in [0.5, 0.6) is 5.88 Å². The number of nitrogens with zero attached hydrogens (tertiary/aromatic N) is 2. The van der Waals surface area contributed by atoms with Crippen LogP contribution >= 0.6 is 11.6 Å². The lowest BCUT2D eigenvalue weighted by molar-refractivity contribution is -0.123. The van der Waals surface area contributed by atoms with Crippen LogP contribution in [0.2, 0.25) is 5.02 Å². The molecule has 0 aliphatic carbocycles. The maximum Gasteiger partial charge on any atom is 0.315 e. The highest BCUT2D eigenvalue weighted by Crippen LogP contribution is 2.29. The van der Waals surface area contributed by atoms with Crippen LogP contribution in [-0.4, -0.2) is 47.3 Å². The first kappa shape index (κ1) is 22.5. The van der Waals surface area contributed by atoms with Crippen molar-refractivity contribution in [2.45, 2.75) is 24.9 Å². The summed E-state index contributed by atoms with van der Waals surface area (Å²) < 4.78 is 70.0. The summed E-state index contributed by atoms with van der Waals surface area (Å²) in [5.41, 5.74) is -0.428. The Hall–Kier alpha value is -3.22. The summed E-state index contributed by atoms with van der Waals surface area (Å²) in [6, 6.07) is -1.09. The molecule has 1 aromatic heterocycles. The van der Waals surface area contributed by atoms with E-state index in [4.69, 9.17) is 11.6 Å². The van der Waals surface area contributed by atoms with Gasteiger partial charge in [0.05, 0.1) is 18.1 Å². The third-order valence-corrected chi connectivity index (χ3v) is 4.47. The van der Waals surface area contributed by atoms with Crippen molar-refractivity contribution in [3.63, 3.8) is 0 Å². The highest BCUT2D eigenvalue weighted by Gasteiger charge is 2.31. The minimum atomic E-state index is -3.42. The van der Waals surface area contributed by atoms with Crippen molar-refractivity contribution in [2.24, 2.45) is 0 Å². The number of carbonyl (C=O) groups excluding carboxylic acids is 2. The predicted molar refractivity (Wildman–Crippen MR) is 95.2 cm³/mol. The van der Waals surface area contributed by atoms with Crippen LogP contribution in [0.15, 0.2) is 24.5 Å². The molecule has 0 saturated carbocycles. The quantitative estimate of drug-likeness (QED) is 0.430. The summed E-state index contributed by atoms with van der Waals surface area (Å²) in [5.74, 6) is -3.57. The minimum absolute atomic E-state index is 0.0476.